The Morgan fingerprint density at radius 2 is 2.08 bits per heavy atom. The number of hydrogen-bond donors (Lipinski definition) is 2. The first kappa shape index (κ1) is 17.2. The Kier molecular flexibility index (Phi) is 5.14. The van der Waals surface area contributed by atoms with Crippen LogP contribution in [-0.2, 0) is 7.05 Å². The number of halogens is 2. The second-order valence-corrected chi connectivity index (χ2v) is 5.95. The van der Waals surface area contributed by atoms with Gasteiger partial charge in [0.2, 0.25) is 5.95 Å². The molecule has 1 unspecified atom stereocenters. The molecule has 0 saturated carbocycles. The standard InChI is InChI=1S/C17H18ClFN6/c1-3-15(12-6-4-5-7-14(12)19)23-16-13(18)9-20-17(24-16)22-11-8-21-25(2)10-11/h4-10,15H,3H2,1-2H3,(H2,20,22,23,24). The van der Waals surface area contributed by atoms with Crippen molar-refractivity contribution in [3.05, 3.63) is 59.3 Å². The maximum absolute atomic E-state index is 14.1. The molecule has 0 amide bonds. The van der Waals surface area contributed by atoms with E-state index in [0.717, 1.165) is 5.69 Å². The maximum atomic E-state index is 14.1. The van der Waals surface area contributed by atoms with Crippen LogP contribution in [0.1, 0.15) is 24.9 Å². The van der Waals surface area contributed by atoms with E-state index in [-0.39, 0.29) is 11.9 Å². The van der Waals surface area contributed by atoms with Gasteiger partial charge >= 0.3 is 0 Å². The predicted molar refractivity (Wildman–Crippen MR) is 96.6 cm³/mol. The normalized spacial score (nSPS) is 12.0. The summed E-state index contributed by atoms with van der Waals surface area (Å²) in [4.78, 5) is 8.56. The summed E-state index contributed by atoms with van der Waals surface area (Å²) in [6.45, 7) is 1.97. The number of rotatable bonds is 6. The van der Waals surface area contributed by atoms with Gasteiger partial charge in [-0.25, -0.2) is 9.37 Å². The number of nitrogens with one attached hydrogen (secondary N) is 2. The van der Waals surface area contributed by atoms with E-state index in [1.807, 2.05) is 14.0 Å². The highest BCUT2D eigenvalue weighted by Gasteiger charge is 2.16. The Morgan fingerprint density at radius 1 is 1.28 bits per heavy atom. The number of aromatic nitrogens is 4. The third-order valence-electron chi connectivity index (χ3n) is 3.70. The molecule has 0 bridgehead atoms. The van der Waals surface area contributed by atoms with Gasteiger partial charge < -0.3 is 10.6 Å². The Labute approximate surface area is 150 Å². The van der Waals surface area contributed by atoms with Crippen molar-refractivity contribution in [2.75, 3.05) is 10.6 Å². The molecule has 0 aliphatic rings. The fourth-order valence-electron chi connectivity index (χ4n) is 2.47. The summed E-state index contributed by atoms with van der Waals surface area (Å²) in [7, 11) is 1.82. The highest BCUT2D eigenvalue weighted by Crippen LogP contribution is 2.28. The number of hydrogen-bond acceptors (Lipinski definition) is 5. The largest absolute Gasteiger partial charge is 0.362 e. The van der Waals surface area contributed by atoms with Gasteiger partial charge in [-0.3, -0.25) is 4.68 Å². The SMILES string of the molecule is CCC(Nc1nc(Nc2cnn(C)c2)ncc1Cl)c1ccccc1F. The predicted octanol–water partition coefficient (Wildman–Crippen LogP) is 4.31. The summed E-state index contributed by atoms with van der Waals surface area (Å²) in [5.41, 5.74) is 1.33. The highest BCUT2D eigenvalue weighted by atomic mass is 35.5. The minimum atomic E-state index is -0.263. The summed E-state index contributed by atoms with van der Waals surface area (Å²) in [5.74, 6) is 0.558. The number of nitrogens with zero attached hydrogens (tertiary/aromatic N) is 4. The van der Waals surface area contributed by atoms with E-state index in [9.17, 15) is 4.39 Å². The molecule has 3 aromatic rings. The van der Waals surface area contributed by atoms with Crippen molar-refractivity contribution < 1.29 is 4.39 Å². The summed E-state index contributed by atoms with van der Waals surface area (Å²) in [6.07, 6.45) is 5.65. The van der Waals surface area contributed by atoms with Gasteiger partial charge in [-0.05, 0) is 12.5 Å². The molecule has 130 valence electrons. The Balaban J connectivity index is 1.83. The average molecular weight is 361 g/mol. The van der Waals surface area contributed by atoms with Gasteiger partial charge in [-0.1, -0.05) is 36.7 Å². The first-order valence-electron chi connectivity index (χ1n) is 7.86. The van der Waals surface area contributed by atoms with Crippen molar-refractivity contribution in [3.8, 4) is 0 Å². The molecular formula is C17H18ClFN6. The van der Waals surface area contributed by atoms with E-state index in [0.29, 0.717) is 28.8 Å². The zero-order valence-corrected chi connectivity index (χ0v) is 14.6. The van der Waals surface area contributed by atoms with E-state index in [2.05, 4.69) is 25.7 Å². The van der Waals surface area contributed by atoms with Crippen LogP contribution in [0.4, 0.5) is 21.8 Å². The van der Waals surface area contributed by atoms with Crippen LogP contribution < -0.4 is 10.6 Å². The molecule has 8 heteroatoms. The van der Waals surface area contributed by atoms with Gasteiger partial charge in [0.1, 0.15) is 10.8 Å². The summed E-state index contributed by atoms with van der Waals surface area (Å²) in [6, 6.07) is 6.41. The zero-order chi connectivity index (χ0) is 17.8. The van der Waals surface area contributed by atoms with Crippen LogP contribution in [0.5, 0.6) is 0 Å². The van der Waals surface area contributed by atoms with Gasteiger partial charge in [0.05, 0.1) is 24.1 Å². The first-order chi connectivity index (χ1) is 12.1. The summed E-state index contributed by atoms with van der Waals surface area (Å²) in [5, 5.41) is 10.7. The van der Waals surface area contributed by atoms with Crippen molar-refractivity contribution in [2.24, 2.45) is 7.05 Å². The third-order valence-corrected chi connectivity index (χ3v) is 3.98. The molecule has 0 radical (unpaired) electrons. The fourth-order valence-corrected chi connectivity index (χ4v) is 2.61. The smallest absolute Gasteiger partial charge is 0.229 e. The van der Waals surface area contributed by atoms with Crippen molar-refractivity contribution in [2.45, 2.75) is 19.4 Å². The maximum Gasteiger partial charge on any atom is 0.229 e. The lowest BCUT2D eigenvalue weighted by molar-refractivity contribution is 0.587. The minimum absolute atomic E-state index is 0.250. The topological polar surface area (TPSA) is 67.7 Å². The lowest BCUT2D eigenvalue weighted by Gasteiger charge is -2.19. The lowest BCUT2D eigenvalue weighted by atomic mass is 10.0. The van der Waals surface area contributed by atoms with Gasteiger partial charge in [0.25, 0.3) is 0 Å². The van der Waals surface area contributed by atoms with E-state index in [1.54, 1.807) is 35.3 Å². The number of benzene rings is 1. The second kappa shape index (κ2) is 7.48. The van der Waals surface area contributed by atoms with E-state index < -0.39 is 0 Å². The molecule has 25 heavy (non-hydrogen) atoms. The quantitative estimate of drug-likeness (QED) is 0.685. The van der Waals surface area contributed by atoms with Crippen molar-refractivity contribution in [1.82, 2.24) is 19.7 Å². The molecule has 3 rings (SSSR count). The van der Waals surface area contributed by atoms with Crippen LogP contribution in [0.25, 0.3) is 0 Å². The molecule has 1 aromatic carbocycles. The molecule has 6 nitrogen and oxygen atoms in total. The van der Waals surface area contributed by atoms with Crippen LogP contribution in [0.15, 0.2) is 42.9 Å². The first-order valence-corrected chi connectivity index (χ1v) is 8.23. The third kappa shape index (κ3) is 4.06. The highest BCUT2D eigenvalue weighted by molar-refractivity contribution is 6.32. The van der Waals surface area contributed by atoms with Gasteiger partial charge in [0.15, 0.2) is 5.82 Å². The molecule has 0 spiro atoms. The van der Waals surface area contributed by atoms with Gasteiger partial charge in [-0.2, -0.15) is 10.1 Å². The summed E-state index contributed by atoms with van der Waals surface area (Å²) < 4.78 is 15.7. The molecule has 2 heterocycles. The lowest BCUT2D eigenvalue weighted by Crippen LogP contribution is -2.13. The Morgan fingerprint density at radius 3 is 2.76 bits per heavy atom. The van der Waals surface area contributed by atoms with Crippen molar-refractivity contribution in [1.29, 1.82) is 0 Å². The van der Waals surface area contributed by atoms with Crippen molar-refractivity contribution >= 4 is 29.1 Å². The molecule has 0 fully saturated rings. The number of aryl methyl sites for hydroxylation is 1. The van der Waals surface area contributed by atoms with E-state index in [4.69, 9.17) is 11.6 Å². The van der Waals surface area contributed by atoms with Crippen LogP contribution >= 0.6 is 11.6 Å². The monoisotopic (exact) mass is 360 g/mol. The van der Waals surface area contributed by atoms with Crippen LogP contribution in [0.3, 0.4) is 0 Å². The number of anilines is 3. The molecule has 0 saturated heterocycles. The Bertz CT molecular complexity index is 866. The van der Waals surface area contributed by atoms with E-state index in [1.165, 1.54) is 12.3 Å². The molecule has 0 aliphatic carbocycles. The molecule has 2 aromatic heterocycles. The molecule has 2 N–H and O–H groups in total. The zero-order valence-electron chi connectivity index (χ0n) is 13.9. The molecular weight excluding hydrogens is 343 g/mol. The minimum Gasteiger partial charge on any atom is -0.362 e. The average Bonchev–Trinajstić information content (AvgIpc) is 3.01. The molecule has 0 aliphatic heterocycles. The van der Waals surface area contributed by atoms with Crippen LogP contribution in [0.2, 0.25) is 5.02 Å². The second-order valence-electron chi connectivity index (χ2n) is 5.54. The van der Waals surface area contributed by atoms with Crippen LogP contribution in [0, 0.1) is 5.82 Å². The summed E-state index contributed by atoms with van der Waals surface area (Å²) >= 11 is 6.21. The Hall–Kier alpha value is -2.67. The van der Waals surface area contributed by atoms with Crippen LogP contribution in [-0.4, -0.2) is 19.7 Å². The van der Waals surface area contributed by atoms with E-state index >= 15 is 0 Å². The van der Waals surface area contributed by atoms with Crippen molar-refractivity contribution in [3.63, 3.8) is 0 Å². The van der Waals surface area contributed by atoms with Gasteiger partial charge in [0, 0.05) is 18.8 Å². The molecule has 1 atom stereocenters. The fraction of sp³-hybridized carbons (Fsp3) is 0.235. The van der Waals surface area contributed by atoms with Gasteiger partial charge in [-0.15, -0.1) is 0 Å².